The summed E-state index contributed by atoms with van der Waals surface area (Å²) in [5, 5.41) is 4.00. The summed E-state index contributed by atoms with van der Waals surface area (Å²) in [6.45, 7) is 0.399. The molecule has 1 amide bonds. The second-order valence-electron chi connectivity index (χ2n) is 4.67. The number of carbonyl (C=O) groups excluding carboxylic acids is 1. The molecule has 0 unspecified atom stereocenters. The first-order chi connectivity index (χ1) is 10.0. The first-order valence-corrected chi connectivity index (χ1v) is 7.25. The van der Waals surface area contributed by atoms with Crippen LogP contribution in [0.3, 0.4) is 0 Å². The molecule has 0 aliphatic heterocycles. The van der Waals surface area contributed by atoms with Crippen LogP contribution in [0.4, 0.5) is 5.69 Å². The predicted molar refractivity (Wildman–Crippen MR) is 88.2 cm³/mol. The maximum atomic E-state index is 12.5. The Balaban J connectivity index is 2.22. The summed E-state index contributed by atoms with van der Waals surface area (Å²) < 4.78 is 0. The van der Waals surface area contributed by atoms with Crippen molar-refractivity contribution in [3.8, 4) is 0 Å². The number of para-hydroxylation sites is 1. The van der Waals surface area contributed by atoms with E-state index < -0.39 is 0 Å². The summed E-state index contributed by atoms with van der Waals surface area (Å²) in [5.74, 6) is -0.0732. The third-order valence-corrected chi connectivity index (χ3v) is 4.07. The van der Waals surface area contributed by atoms with Crippen molar-refractivity contribution in [2.45, 2.75) is 6.54 Å². The highest BCUT2D eigenvalue weighted by atomic mass is 35.5. The van der Waals surface area contributed by atoms with E-state index in [1.165, 1.54) is 0 Å². The van der Waals surface area contributed by atoms with Gasteiger partial charge in [0, 0.05) is 26.3 Å². The lowest BCUT2D eigenvalue weighted by molar-refractivity contribution is 0.0786. The molecular formula is C16H16Cl2N2O. The topological polar surface area (TPSA) is 32.3 Å². The van der Waals surface area contributed by atoms with E-state index >= 15 is 0 Å². The summed E-state index contributed by atoms with van der Waals surface area (Å²) in [4.78, 5) is 14.2. The van der Waals surface area contributed by atoms with E-state index in [-0.39, 0.29) is 5.91 Å². The number of halogens is 2. The van der Waals surface area contributed by atoms with Crippen LogP contribution < -0.4 is 5.32 Å². The quantitative estimate of drug-likeness (QED) is 0.909. The second kappa shape index (κ2) is 6.83. The zero-order valence-corrected chi connectivity index (χ0v) is 13.4. The minimum absolute atomic E-state index is 0.0732. The second-order valence-corrected chi connectivity index (χ2v) is 5.45. The largest absolute Gasteiger partial charge is 0.387 e. The number of nitrogens with one attached hydrogen (secondary N) is 1. The molecule has 0 radical (unpaired) electrons. The molecule has 2 rings (SSSR count). The number of rotatable bonds is 4. The van der Waals surface area contributed by atoms with Gasteiger partial charge in [-0.25, -0.2) is 0 Å². The third kappa shape index (κ3) is 3.49. The summed E-state index contributed by atoms with van der Waals surface area (Å²) in [6, 6.07) is 12.8. The Labute approximate surface area is 134 Å². The number of nitrogens with zero attached hydrogens (tertiary/aromatic N) is 1. The molecule has 21 heavy (non-hydrogen) atoms. The van der Waals surface area contributed by atoms with Crippen LogP contribution in [0.2, 0.25) is 10.0 Å². The van der Waals surface area contributed by atoms with Crippen molar-refractivity contribution in [3.63, 3.8) is 0 Å². The van der Waals surface area contributed by atoms with E-state index in [2.05, 4.69) is 5.32 Å². The van der Waals surface area contributed by atoms with Gasteiger partial charge in [0.2, 0.25) is 0 Å². The van der Waals surface area contributed by atoms with Gasteiger partial charge in [0.1, 0.15) is 0 Å². The average Bonchev–Trinajstić information content (AvgIpc) is 2.51. The fraction of sp³-hybridized carbons (Fsp3) is 0.188. The molecule has 5 heteroatoms. The molecule has 110 valence electrons. The Hall–Kier alpha value is -1.71. The van der Waals surface area contributed by atoms with Gasteiger partial charge in [-0.15, -0.1) is 0 Å². The van der Waals surface area contributed by atoms with Crippen LogP contribution in [0.25, 0.3) is 0 Å². The van der Waals surface area contributed by atoms with Crippen LogP contribution in [0.5, 0.6) is 0 Å². The molecule has 1 N–H and O–H groups in total. The number of hydrogen-bond acceptors (Lipinski definition) is 2. The Morgan fingerprint density at radius 2 is 1.86 bits per heavy atom. The molecule has 2 aromatic rings. The van der Waals surface area contributed by atoms with Crippen molar-refractivity contribution in [2.24, 2.45) is 0 Å². The Bertz CT molecular complexity index is 658. The van der Waals surface area contributed by atoms with E-state index in [9.17, 15) is 4.79 Å². The average molecular weight is 323 g/mol. The standard InChI is InChI=1S/C16H16Cl2N2O/c1-19-14-9-4-3-7-12(14)16(21)20(2)10-11-6-5-8-13(17)15(11)18/h3-9,19H,10H2,1-2H3. The first kappa shape index (κ1) is 15.7. The summed E-state index contributed by atoms with van der Waals surface area (Å²) >= 11 is 12.2. The minimum atomic E-state index is -0.0732. The molecule has 0 aliphatic carbocycles. The van der Waals surface area contributed by atoms with Gasteiger partial charge in [-0.2, -0.15) is 0 Å². The van der Waals surface area contributed by atoms with Gasteiger partial charge in [-0.05, 0) is 23.8 Å². The van der Waals surface area contributed by atoms with E-state index in [1.54, 1.807) is 31.1 Å². The van der Waals surface area contributed by atoms with Crippen LogP contribution in [0, 0.1) is 0 Å². The van der Waals surface area contributed by atoms with E-state index in [0.717, 1.165) is 11.3 Å². The van der Waals surface area contributed by atoms with E-state index in [1.807, 2.05) is 30.3 Å². The number of benzene rings is 2. The lowest BCUT2D eigenvalue weighted by Gasteiger charge is -2.20. The lowest BCUT2D eigenvalue weighted by Crippen LogP contribution is -2.27. The molecule has 0 fully saturated rings. The minimum Gasteiger partial charge on any atom is -0.387 e. The van der Waals surface area contributed by atoms with E-state index in [4.69, 9.17) is 23.2 Å². The molecular weight excluding hydrogens is 307 g/mol. The number of hydrogen-bond donors (Lipinski definition) is 1. The van der Waals surface area contributed by atoms with Crippen molar-refractivity contribution in [1.82, 2.24) is 4.90 Å². The molecule has 0 heterocycles. The first-order valence-electron chi connectivity index (χ1n) is 6.49. The van der Waals surface area contributed by atoms with Crippen molar-refractivity contribution in [3.05, 3.63) is 63.6 Å². The van der Waals surface area contributed by atoms with Gasteiger partial charge >= 0.3 is 0 Å². The summed E-state index contributed by atoms with van der Waals surface area (Å²) in [7, 11) is 3.53. The molecule has 3 nitrogen and oxygen atoms in total. The molecule has 2 aromatic carbocycles. The molecule has 0 bridgehead atoms. The highest BCUT2D eigenvalue weighted by molar-refractivity contribution is 6.42. The van der Waals surface area contributed by atoms with Gasteiger partial charge in [-0.3, -0.25) is 4.79 Å². The lowest BCUT2D eigenvalue weighted by atomic mass is 10.1. The molecule has 0 saturated heterocycles. The molecule has 0 spiro atoms. The fourth-order valence-electron chi connectivity index (χ4n) is 2.09. The maximum absolute atomic E-state index is 12.5. The maximum Gasteiger partial charge on any atom is 0.255 e. The van der Waals surface area contributed by atoms with Crippen LogP contribution in [-0.2, 0) is 6.54 Å². The molecule has 0 aromatic heterocycles. The Kier molecular flexibility index (Phi) is 5.10. The van der Waals surface area contributed by atoms with Crippen LogP contribution >= 0.6 is 23.2 Å². The van der Waals surface area contributed by atoms with Crippen molar-refractivity contribution in [1.29, 1.82) is 0 Å². The van der Waals surface area contributed by atoms with E-state index in [0.29, 0.717) is 22.2 Å². The van der Waals surface area contributed by atoms with Crippen molar-refractivity contribution in [2.75, 3.05) is 19.4 Å². The number of carbonyl (C=O) groups is 1. The van der Waals surface area contributed by atoms with Gasteiger partial charge in [0.05, 0.1) is 15.6 Å². The summed E-state index contributed by atoms with van der Waals surface area (Å²) in [6.07, 6.45) is 0. The highest BCUT2D eigenvalue weighted by Crippen LogP contribution is 2.27. The Morgan fingerprint density at radius 3 is 2.57 bits per heavy atom. The molecule has 0 saturated carbocycles. The number of amides is 1. The number of anilines is 1. The SMILES string of the molecule is CNc1ccccc1C(=O)N(C)Cc1cccc(Cl)c1Cl. The zero-order chi connectivity index (χ0) is 15.4. The highest BCUT2D eigenvalue weighted by Gasteiger charge is 2.16. The Morgan fingerprint density at radius 1 is 1.14 bits per heavy atom. The zero-order valence-electron chi connectivity index (χ0n) is 11.9. The van der Waals surface area contributed by atoms with Crippen LogP contribution in [0.1, 0.15) is 15.9 Å². The van der Waals surface area contributed by atoms with Gasteiger partial charge in [-0.1, -0.05) is 47.5 Å². The smallest absolute Gasteiger partial charge is 0.255 e. The van der Waals surface area contributed by atoms with Gasteiger partial charge < -0.3 is 10.2 Å². The molecule has 0 atom stereocenters. The van der Waals surface area contributed by atoms with Gasteiger partial charge in [0.15, 0.2) is 0 Å². The molecule has 0 aliphatic rings. The summed E-state index contributed by atoms with van der Waals surface area (Å²) in [5.41, 5.74) is 2.24. The normalized spacial score (nSPS) is 10.3. The van der Waals surface area contributed by atoms with Gasteiger partial charge in [0.25, 0.3) is 5.91 Å². The monoisotopic (exact) mass is 322 g/mol. The van der Waals surface area contributed by atoms with Crippen LogP contribution in [-0.4, -0.2) is 24.9 Å². The van der Waals surface area contributed by atoms with Crippen LogP contribution in [0.15, 0.2) is 42.5 Å². The van der Waals surface area contributed by atoms with Crippen molar-refractivity contribution >= 4 is 34.8 Å². The predicted octanol–water partition coefficient (Wildman–Crippen LogP) is 4.31. The third-order valence-electron chi connectivity index (χ3n) is 3.21. The fourth-order valence-corrected chi connectivity index (χ4v) is 2.47. The van der Waals surface area contributed by atoms with Crippen molar-refractivity contribution < 1.29 is 4.79 Å².